The number of nitrogens with zero attached hydrogens (tertiary/aromatic N) is 3. The molecule has 2 heterocycles. The van der Waals surface area contributed by atoms with Crippen molar-refractivity contribution in [3.05, 3.63) is 83.8 Å². The molecule has 0 unspecified atom stereocenters. The number of amides is 1. The average molecular weight is 331 g/mol. The molecule has 0 radical (unpaired) electrons. The topological polar surface area (TPSA) is 46.1 Å². The van der Waals surface area contributed by atoms with Gasteiger partial charge < -0.3 is 4.90 Å². The molecule has 0 saturated heterocycles. The maximum atomic E-state index is 12.7. The van der Waals surface area contributed by atoms with E-state index in [1.54, 1.807) is 11.1 Å². The summed E-state index contributed by atoms with van der Waals surface area (Å²) in [5.41, 5.74) is 4.30. The zero-order valence-electron chi connectivity index (χ0n) is 14.5. The molecule has 126 valence electrons. The number of pyridine rings is 2. The Kier molecular flexibility index (Phi) is 5.19. The Hall–Kier alpha value is -3.01. The predicted octanol–water partition coefficient (Wildman–Crippen LogP) is 3.77. The van der Waals surface area contributed by atoms with Gasteiger partial charge in [-0.3, -0.25) is 14.8 Å². The minimum atomic E-state index is -0.0134. The Morgan fingerprint density at radius 3 is 2.44 bits per heavy atom. The highest BCUT2D eigenvalue weighted by Crippen LogP contribution is 2.19. The fourth-order valence-electron chi connectivity index (χ4n) is 2.69. The summed E-state index contributed by atoms with van der Waals surface area (Å²) in [6.45, 7) is 2.50. The number of benzene rings is 1. The molecule has 0 N–H and O–H groups in total. The van der Waals surface area contributed by atoms with Gasteiger partial charge in [-0.15, -0.1) is 0 Å². The van der Waals surface area contributed by atoms with Crippen molar-refractivity contribution in [3.8, 4) is 11.3 Å². The van der Waals surface area contributed by atoms with Crippen LogP contribution in [0.15, 0.2) is 66.9 Å². The van der Waals surface area contributed by atoms with E-state index in [4.69, 9.17) is 0 Å². The quantitative estimate of drug-likeness (QED) is 0.715. The molecule has 0 aliphatic rings. The lowest BCUT2D eigenvalue weighted by molar-refractivity contribution is 0.0795. The summed E-state index contributed by atoms with van der Waals surface area (Å²) in [4.78, 5) is 23.3. The lowest BCUT2D eigenvalue weighted by atomic mass is 10.1. The van der Waals surface area contributed by atoms with E-state index in [0.717, 1.165) is 29.1 Å². The first-order chi connectivity index (χ1) is 12.1. The van der Waals surface area contributed by atoms with Gasteiger partial charge in [-0.05, 0) is 31.2 Å². The lowest BCUT2D eigenvalue weighted by Gasteiger charge is -2.18. The third-order valence-corrected chi connectivity index (χ3v) is 4.16. The molecule has 0 aliphatic heterocycles. The van der Waals surface area contributed by atoms with E-state index >= 15 is 0 Å². The molecule has 3 aromatic rings. The first-order valence-electron chi connectivity index (χ1n) is 8.33. The number of hydrogen-bond acceptors (Lipinski definition) is 3. The summed E-state index contributed by atoms with van der Waals surface area (Å²) in [6.07, 6.45) is 2.51. The maximum absolute atomic E-state index is 12.7. The van der Waals surface area contributed by atoms with Gasteiger partial charge in [0.15, 0.2) is 0 Å². The van der Waals surface area contributed by atoms with Crippen LogP contribution >= 0.6 is 0 Å². The number of rotatable bonds is 5. The number of likely N-dealkylation sites (N-methyl/N-ethyl adjacent to an activating group) is 1. The summed E-state index contributed by atoms with van der Waals surface area (Å²) in [6, 6.07) is 19.6. The molecule has 4 heteroatoms. The van der Waals surface area contributed by atoms with Gasteiger partial charge in [0.05, 0.1) is 17.0 Å². The van der Waals surface area contributed by atoms with Crippen LogP contribution in [-0.4, -0.2) is 34.4 Å². The van der Waals surface area contributed by atoms with Crippen molar-refractivity contribution in [3.63, 3.8) is 0 Å². The Morgan fingerprint density at radius 1 is 1.00 bits per heavy atom. The van der Waals surface area contributed by atoms with Crippen LogP contribution < -0.4 is 0 Å². The van der Waals surface area contributed by atoms with Crippen molar-refractivity contribution in [2.45, 2.75) is 13.3 Å². The molecular formula is C21H21N3O. The van der Waals surface area contributed by atoms with E-state index in [2.05, 4.69) is 9.97 Å². The van der Waals surface area contributed by atoms with Crippen molar-refractivity contribution < 1.29 is 4.79 Å². The lowest BCUT2D eigenvalue weighted by Crippen LogP contribution is -2.29. The monoisotopic (exact) mass is 331 g/mol. The molecule has 1 aromatic carbocycles. The minimum absolute atomic E-state index is 0.0134. The average Bonchev–Trinajstić information content (AvgIpc) is 2.67. The van der Waals surface area contributed by atoms with Crippen LogP contribution in [0.5, 0.6) is 0 Å². The molecule has 0 saturated carbocycles. The fraction of sp³-hybridized carbons (Fsp3) is 0.190. The third kappa shape index (κ3) is 4.10. The molecule has 25 heavy (non-hydrogen) atoms. The van der Waals surface area contributed by atoms with Gasteiger partial charge in [0, 0.05) is 37.5 Å². The van der Waals surface area contributed by atoms with Gasteiger partial charge in [0.1, 0.15) is 0 Å². The largest absolute Gasteiger partial charge is 0.341 e. The zero-order chi connectivity index (χ0) is 17.6. The van der Waals surface area contributed by atoms with Crippen molar-refractivity contribution >= 4 is 5.91 Å². The first-order valence-corrected chi connectivity index (χ1v) is 8.33. The van der Waals surface area contributed by atoms with E-state index in [1.807, 2.05) is 74.6 Å². The van der Waals surface area contributed by atoms with Crippen molar-refractivity contribution in [2.24, 2.45) is 0 Å². The van der Waals surface area contributed by atoms with Crippen LogP contribution in [0.2, 0.25) is 0 Å². The molecule has 4 nitrogen and oxygen atoms in total. The Balaban J connectivity index is 1.71. The second kappa shape index (κ2) is 7.71. The summed E-state index contributed by atoms with van der Waals surface area (Å²) in [7, 11) is 1.82. The standard InChI is InChI=1S/C21H21N3O/c1-16-19(11-12-20(23-16)17-8-4-3-5-9-17)21(25)24(2)15-13-18-10-6-7-14-22-18/h3-12,14H,13,15H2,1-2H3. The highest BCUT2D eigenvalue weighted by Gasteiger charge is 2.15. The second-order valence-corrected chi connectivity index (χ2v) is 5.99. The van der Waals surface area contributed by atoms with Crippen LogP contribution in [0.1, 0.15) is 21.7 Å². The number of aromatic nitrogens is 2. The van der Waals surface area contributed by atoms with Gasteiger partial charge in [0.25, 0.3) is 5.91 Å². The zero-order valence-corrected chi connectivity index (χ0v) is 14.5. The van der Waals surface area contributed by atoms with E-state index in [-0.39, 0.29) is 5.91 Å². The molecule has 2 aromatic heterocycles. The highest BCUT2D eigenvalue weighted by atomic mass is 16.2. The summed E-state index contributed by atoms with van der Waals surface area (Å²) in [5.74, 6) is -0.0134. The molecule has 0 fully saturated rings. The van der Waals surface area contributed by atoms with Gasteiger partial charge in [-0.2, -0.15) is 0 Å². The van der Waals surface area contributed by atoms with Crippen LogP contribution in [0, 0.1) is 6.92 Å². The van der Waals surface area contributed by atoms with Gasteiger partial charge in [-0.1, -0.05) is 36.4 Å². The van der Waals surface area contributed by atoms with Crippen LogP contribution in [-0.2, 0) is 6.42 Å². The molecular weight excluding hydrogens is 310 g/mol. The highest BCUT2D eigenvalue weighted by molar-refractivity contribution is 5.95. The molecule has 0 atom stereocenters. The van der Waals surface area contributed by atoms with E-state index < -0.39 is 0 Å². The SMILES string of the molecule is Cc1nc(-c2ccccc2)ccc1C(=O)N(C)CCc1ccccn1. The normalized spacial score (nSPS) is 10.5. The second-order valence-electron chi connectivity index (χ2n) is 5.99. The summed E-state index contributed by atoms with van der Waals surface area (Å²) < 4.78 is 0. The van der Waals surface area contributed by atoms with Crippen molar-refractivity contribution in [1.29, 1.82) is 0 Å². The molecule has 0 spiro atoms. The predicted molar refractivity (Wildman–Crippen MR) is 99.3 cm³/mol. The minimum Gasteiger partial charge on any atom is -0.341 e. The van der Waals surface area contributed by atoms with Gasteiger partial charge in [0.2, 0.25) is 0 Å². The molecule has 3 rings (SSSR count). The van der Waals surface area contributed by atoms with E-state index in [9.17, 15) is 4.79 Å². The van der Waals surface area contributed by atoms with Crippen LogP contribution in [0.3, 0.4) is 0 Å². The first kappa shape index (κ1) is 16.8. The summed E-state index contributed by atoms with van der Waals surface area (Å²) >= 11 is 0. The van der Waals surface area contributed by atoms with Crippen LogP contribution in [0.25, 0.3) is 11.3 Å². The number of aryl methyl sites for hydroxylation is 1. The smallest absolute Gasteiger partial charge is 0.255 e. The maximum Gasteiger partial charge on any atom is 0.255 e. The van der Waals surface area contributed by atoms with E-state index in [0.29, 0.717) is 12.1 Å². The third-order valence-electron chi connectivity index (χ3n) is 4.16. The summed E-state index contributed by atoms with van der Waals surface area (Å²) in [5, 5.41) is 0. The number of carbonyl (C=O) groups is 1. The van der Waals surface area contributed by atoms with Crippen LogP contribution in [0.4, 0.5) is 0 Å². The molecule has 0 aliphatic carbocycles. The number of hydrogen-bond donors (Lipinski definition) is 0. The Bertz CT molecular complexity index is 848. The molecule has 0 bridgehead atoms. The molecule has 1 amide bonds. The van der Waals surface area contributed by atoms with Crippen molar-refractivity contribution in [2.75, 3.05) is 13.6 Å². The van der Waals surface area contributed by atoms with Gasteiger partial charge in [-0.25, -0.2) is 0 Å². The van der Waals surface area contributed by atoms with Gasteiger partial charge >= 0.3 is 0 Å². The number of carbonyl (C=O) groups excluding carboxylic acids is 1. The van der Waals surface area contributed by atoms with Crippen molar-refractivity contribution in [1.82, 2.24) is 14.9 Å². The Morgan fingerprint density at radius 2 is 1.76 bits per heavy atom. The van der Waals surface area contributed by atoms with E-state index in [1.165, 1.54) is 0 Å². The Labute approximate surface area is 148 Å². The fourth-order valence-corrected chi connectivity index (χ4v) is 2.69.